The van der Waals surface area contributed by atoms with Gasteiger partial charge in [0.05, 0.1) is 13.1 Å². The molecule has 1 saturated heterocycles. The summed E-state index contributed by atoms with van der Waals surface area (Å²) in [5.41, 5.74) is 1.78. The number of benzene rings is 1. The van der Waals surface area contributed by atoms with E-state index in [9.17, 15) is 8.78 Å². The van der Waals surface area contributed by atoms with E-state index in [-0.39, 0.29) is 24.9 Å². The van der Waals surface area contributed by atoms with Crippen LogP contribution in [-0.4, -0.2) is 44.0 Å². The molecule has 0 spiro atoms. The van der Waals surface area contributed by atoms with Crippen LogP contribution >= 0.6 is 0 Å². The molecule has 3 aromatic rings. The number of nitrogens with zero attached hydrogens (tertiary/aromatic N) is 6. The van der Waals surface area contributed by atoms with Crippen LogP contribution in [0.1, 0.15) is 38.6 Å². The molecule has 1 aliphatic rings. The molecule has 0 amide bonds. The van der Waals surface area contributed by atoms with Crippen molar-refractivity contribution in [2.24, 2.45) is 0 Å². The summed E-state index contributed by atoms with van der Waals surface area (Å²) in [7, 11) is 0. The van der Waals surface area contributed by atoms with Gasteiger partial charge >= 0.3 is 0 Å². The van der Waals surface area contributed by atoms with Crippen molar-refractivity contribution in [2.45, 2.75) is 45.1 Å². The van der Waals surface area contributed by atoms with Crippen molar-refractivity contribution in [3.8, 4) is 0 Å². The van der Waals surface area contributed by atoms with Crippen molar-refractivity contribution in [1.82, 2.24) is 25.0 Å². The Morgan fingerprint density at radius 3 is 2.48 bits per heavy atom. The van der Waals surface area contributed by atoms with Crippen LogP contribution in [0.3, 0.4) is 0 Å². The van der Waals surface area contributed by atoms with Gasteiger partial charge in [0.2, 0.25) is 0 Å². The third-order valence-electron chi connectivity index (χ3n) is 4.66. The fraction of sp³-hybridized carbons (Fsp3) is 0.474. The van der Waals surface area contributed by atoms with Gasteiger partial charge in [-0.05, 0) is 5.56 Å². The second-order valence-electron chi connectivity index (χ2n) is 8.05. The number of anilines is 1. The van der Waals surface area contributed by atoms with Gasteiger partial charge in [0.15, 0.2) is 17.0 Å². The summed E-state index contributed by atoms with van der Waals surface area (Å²) in [4.78, 5) is 10.9. The first-order valence-corrected chi connectivity index (χ1v) is 9.01. The molecule has 0 bridgehead atoms. The third-order valence-corrected chi connectivity index (χ3v) is 4.66. The summed E-state index contributed by atoms with van der Waals surface area (Å²) >= 11 is 0. The first-order chi connectivity index (χ1) is 12.7. The third kappa shape index (κ3) is 3.48. The lowest BCUT2D eigenvalue weighted by Crippen LogP contribution is -2.27. The smallest absolute Gasteiger partial charge is 0.266 e. The SMILES string of the molecule is CC(C)(C)c1nc(N2CCC(F)(F)C2)c2nnn(Cc3ccccc3)c2n1. The molecule has 0 N–H and O–H groups in total. The monoisotopic (exact) mass is 372 g/mol. The predicted octanol–water partition coefficient (Wildman–Crippen LogP) is 3.41. The van der Waals surface area contributed by atoms with E-state index in [0.717, 1.165) is 5.56 Å². The van der Waals surface area contributed by atoms with Crippen molar-refractivity contribution in [1.29, 1.82) is 0 Å². The Balaban J connectivity index is 1.83. The highest BCUT2D eigenvalue weighted by atomic mass is 19.3. The molecule has 1 fully saturated rings. The van der Waals surface area contributed by atoms with Gasteiger partial charge in [-0.1, -0.05) is 56.3 Å². The minimum absolute atomic E-state index is 0.179. The second-order valence-corrected chi connectivity index (χ2v) is 8.05. The van der Waals surface area contributed by atoms with E-state index in [1.54, 1.807) is 9.58 Å². The highest BCUT2D eigenvalue weighted by Crippen LogP contribution is 2.34. The number of alkyl halides is 2. The van der Waals surface area contributed by atoms with E-state index >= 15 is 0 Å². The zero-order valence-electron chi connectivity index (χ0n) is 15.7. The Morgan fingerprint density at radius 2 is 1.85 bits per heavy atom. The van der Waals surface area contributed by atoms with Gasteiger partial charge in [-0.15, -0.1) is 5.10 Å². The molecule has 0 atom stereocenters. The Hall–Kier alpha value is -2.64. The normalized spacial score (nSPS) is 17.0. The summed E-state index contributed by atoms with van der Waals surface area (Å²) < 4.78 is 29.3. The molecule has 3 heterocycles. The summed E-state index contributed by atoms with van der Waals surface area (Å²) in [5, 5.41) is 8.46. The van der Waals surface area contributed by atoms with E-state index in [1.807, 2.05) is 51.1 Å². The van der Waals surface area contributed by atoms with E-state index < -0.39 is 5.92 Å². The Labute approximate surface area is 156 Å². The average molecular weight is 372 g/mol. The Bertz CT molecular complexity index is 961. The van der Waals surface area contributed by atoms with Crippen LogP contribution in [-0.2, 0) is 12.0 Å². The fourth-order valence-corrected chi connectivity index (χ4v) is 3.18. The van der Waals surface area contributed by atoms with Crippen molar-refractivity contribution >= 4 is 17.0 Å². The van der Waals surface area contributed by atoms with Crippen LogP contribution in [0.25, 0.3) is 11.2 Å². The van der Waals surface area contributed by atoms with Crippen LogP contribution in [0.5, 0.6) is 0 Å². The highest BCUT2D eigenvalue weighted by Gasteiger charge is 2.40. The topological polar surface area (TPSA) is 59.7 Å². The molecule has 4 rings (SSSR count). The number of fused-ring (bicyclic) bond motifs is 1. The number of hydrogen-bond donors (Lipinski definition) is 0. The molecule has 27 heavy (non-hydrogen) atoms. The maximum Gasteiger partial charge on any atom is 0.266 e. The lowest BCUT2D eigenvalue weighted by atomic mass is 9.96. The molecule has 0 radical (unpaired) electrons. The first-order valence-electron chi connectivity index (χ1n) is 9.01. The second kappa shape index (κ2) is 6.21. The molecule has 1 aliphatic heterocycles. The molecule has 2 aromatic heterocycles. The molecular weight excluding hydrogens is 350 g/mol. The molecule has 0 saturated carbocycles. The molecule has 1 aromatic carbocycles. The lowest BCUT2D eigenvalue weighted by molar-refractivity contribution is 0.0257. The minimum atomic E-state index is -2.71. The maximum absolute atomic E-state index is 13.8. The lowest BCUT2D eigenvalue weighted by Gasteiger charge is -2.22. The standard InChI is InChI=1S/C19H22F2N6/c1-18(2,3)17-22-15(26-10-9-19(20,21)12-26)14-16(23-17)27(25-24-14)11-13-7-5-4-6-8-13/h4-8H,9-12H2,1-3H3. The molecule has 0 aliphatic carbocycles. The zero-order valence-corrected chi connectivity index (χ0v) is 15.7. The summed E-state index contributed by atoms with van der Waals surface area (Å²) in [6.07, 6.45) is -0.179. The van der Waals surface area contributed by atoms with E-state index in [2.05, 4.69) is 20.3 Å². The maximum atomic E-state index is 13.8. The number of halogens is 2. The quantitative estimate of drug-likeness (QED) is 0.705. The fourth-order valence-electron chi connectivity index (χ4n) is 3.18. The largest absolute Gasteiger partial charge is 0.348 e. The summed E-state index contributed by atoms with van der Waals surface area (Å²) in [6, 6.07) is 9.88. The average Bonchev–Trinajstić information content (AvgIpc) is 3.17. The number of rotatable bonds is 3. The summed E-state index contributed by atoms with van der Waals surface area (Å²) in [6.45, 7) is 6.40. The van der Waals surface area contributed by atoms with Gasteiger partial charge in [-0.3, -0.25) is 0 Å². The van der Waals surface area contributed by atoms with Crippen molar-refractivity contribution < 1.29 is 8.78 Å². The number of aromatic nitrogens is 5. The van der Waals surface area contributed by atoms with Crippen molar-refractivity contribution in [3.63, 3.8) is 0 Å². The molecule has 142 valence electrons. The summed E-state index contributed by atoms with van der Waals surface area (Å²) in [5.74, 6) is -1.67. The molecule has 0 unspecified atom stereocenters. The van der Waals surface area contributed by atoms with E-state index in [4.69, 9.17) is 0 Å². The predicted molar refractivity (Wildman–Crippen MR) is 99.1 cm³/mol. The Morgan fingerprint density at radius 1 is 1.11 bits per heavy atom. The van der Waals surface area contributed by atoms with Gasteiger partial charge in [-0.2, -0.15) is 0 Å². The number of hydrogen-bond acceptors (Lipinski definition) is 5. The van der Waals surface area contributed by atoms with Crippen molar-refractivity contribution in [2.75, 3.05) is 18.0 Å². The Kier molecular flexibility index (Phi) is 4.09. The van der Waals surface area contributed by atoms with E-state index in [1.165, 1.54) is 0 Å². The van der Waals surface area contributed by atoms with Gasteiger partial charge in [0, 0.05) is 18.4 Å². The first kappa shape index (κ1) is 17.8. The molecular formula is C19H22F2N6. The van der Waals surface area contributed by atoms with Gasteiger partial charge < -0.3 is 4.90 Å². The van der Waals surface area contributed by atoms with Crippen LogP contribution in [0.2, 0.25) is 0 Å². The van der Waals surface area contributed by atoms with Crippen molar-refractivity contribution in [3.05, 3.63) is 41.7 Å². The van der Waals surface area contributed by atoms with Crippen LogP contribution in [0.15, 0.2) is 30.3 Å². The molecule has 8 heteroatoms. The van der Waals surface area contributed by atoms with Gasteiger partial charge in [-0.25, -0.2) is 23.4 Å². The minimum Gasteiger partial charge on any atom is -0.348 e. The van der Waals surface area contributed by atoms with E-state index in [0.29, 0.717) is 29.4 Å². The highest BCUT2D eigenvalue weighted by molar-refractivity contribution is 5.83. The zero-order chi connectivity index (χ0) is 19.2. The van der Waals surface area contributed by atoms with Gasteiger partial charge in [0.1, 0.15) is 5.82 Å². The van der Waals surface area contributed by atoms with Crippen LogP contribution < -0.4 is 4.90 Å². The van der Waals surface area contributed by atoms with Crippen LogP contribution in [0.4, 0.5) is 14.6 Å². The van der Waals surface area contributed by atoms with Crippen LogP contribution in [0, 0.1) is 0 Å². The van der Waals surface area contributed by atoms with Gasteiger partial charge in [0.25, 0.3) is 5.92 Å². The molecule has 6 nitrogen and oxygen atoms in total.